The molecule has 7 nitrogen and oxygen atoms in total. The number of sulfonamides is 1. The first kappa shape index (κ1) is 17.4. The van der Waals surface area contributed by atoms with Crippen LogP contribution in [-0.2, 0) is 10.0 Å². The van der Waals surface area contributed by atoms with Crippen LogP contribution in [0.5, 0.6) is 0 Å². The molecule has 132 valence electrons. The largest absolute Gasteiger partial charge is 0.370 e. The fourth-order valence-electron chi connectivity index (χ4n) is 3.28. The molecular weight excluding hydrogens is 342 g/mol. The average Bonchev–Trinajstić information content (AvgIpc) is 2.61. The molecule has 0 amide bonds. The molecule has 0 unspecified atom stereocenters. The van der Waals surface area contributed by atoms with Crippen molar-refractivity contribution in [3.63, 3.8) is 0 Å². The Bertz CT molecular complexity index is 876. The predicted molar refractivity (Wildman–Crippen MR) is 95.1 cm³/mol. The summed E-state index contributed by atoms with van der Waals surface area (Å²) in [6, 6.07) is 14.0. The van der Waals surface area contributed by atoms with Crippen molar-refractivity contribution in [1.29, 1.82) is 0 Å². The lowest BCUT2D eigenvalue weighted by atomic mass is 9.89. The zero-order valence-electron chi connectivity index (χ0n) is 13.5. The van der Waals surface area contributed by atoms with E-state index in [1.54, 1.807) is 0 Å². The van der Waals surface area contributed by atoms with Gasteiger partial charge in [-0.1, -0.05) is 30.3 Å². The first-order valence-corrected chi connectivity index (χ1v) is 9.52. The van der Waals surface area contributed by atoms with Crippen LogP contribution in [0.3, 0.4) is 0 Å². The number of hydrogen-bond donors (Lipinski definition) is 1. The SMILES string of the molecule is NS(=O)(=O)c1cc([N+](=O)[O-])ccc1N1CCC(c2ccccc2)CC1. The van der Waals surface area contributed by atoms with E-state index in [1.807, 2.05) is 23.1 Å². The van der Waals surface area contributed by atoms with E-state index in [4.69, 9.17) is 5.14 Å². The molecule has 0 spiro atoms. The highest BCUT2D eigenvalue weighted by atomic mass is 32.2. The quantitative estimate of drug-likeness (QED) is 0.665. The van der Waals surface area contributed by atoms with Crippen molar-refractivity contribution in [2.24, 2.45) is 5.14 Å². The zero-order chi connectivity index (χ0) is 18.0. The van der Waals surface area contributed by atoms with Gasteiger partial charge >= 0.3 is 0 Å². The third-order valence-electron chi connectivity index (χ3n) is 4.57. The Labute approximate surface area is 146 Å². The molecule has 2 aromatic rings. The van der Waals surface area contributed by atoms with Gasteiger partial charge in [-0.05, 0) is 30.4 Å². The number of hydrogen-bond acceptors (Lipinski definition) is 5. The van der Waals surface area contributed by atoms with Crippen LogP contribution in [0.15, 0.2) is 53.4 Å². The van der Waals surface area contributed by atoms with Gasteiger partial charge in [-0.25, -0.2) is 13.6 Å². The first-order valence-electron chi connectivity index (χ1n) is 7.97. The molecule has 2 aromatic carbocycles. The Balaban J connectivity index is 1.85. The van der Waals surface area contributed by atoms with E-state index < -0.39 is 14.9 Å². The standard InChI is InChI=1S/C17H19N3O4S/c18-25(23,24)17-12-15(20(21)22)6-7-16(17)19-10-8-14(9-11-19)13-4-2-1-3-5-13/h1-7,12,14H,8-11H2,(H2,18,23,24). The van der Waals surface area contributed by atoms with Gasteiger partial charge in [0.05, 0.1) is 10.6 Å². The summed E-state index contributed by atoms with van der Waals surface area (Å²) in [4.78, 5) is 12.0. The molecular formula is C17H19N3O4S. The molecule has 0 radical (unpaired) electrons. The number of nitro benzene ring substituents is 1. The van der Waals surface area contributed by atoms with Crippen molar-refractivity contribution < 1.29 is 13.3 Å². The normalized spacial score (nSPS) is 16.0. The number of nitrogens with two attached hydrogens (primary N) is 1. The molecule has 8 heteroatoms. The maximum Gasteiger partial charge on any atom is 0.270 e. The molecule has 0 saturated carbocycles. The summed E-state index contributed by atoms with van der Waals surface area (Å²) in [6.07, 6.45) is 1.76. The minimum atomic E-state index is -4.05. The smallest absolute Gasteiger partial charge is 0.270 e. The lowest BCUT2D eigenvalue weighted by Crippen LogP contribution is -2.34. The second-order valence-corrected chi connectivity index (χ2v) is 7.66. The van der Waals surface area contributed by atoms with Gasteiger partial charge in [0.15, 0.2) is 0 Å². The van der Waals surface area contributed by atoms with Crippen molar-refractivity contribution in [3.8, 4) is 0 Å². The molecule has 1 aliphatic rings. The maximum atomic E-state index is 11.9. The fourth-order valence-corrected chi connectivity index (χ4v) is 4.06. The average molecular weight is 361 g/mol. The van der Waals surface area contributed by atoms with Gasteiger partial charge in [-0.2, -0.15) is 0 Å². The van der Waals surface area contributed by atoms with E-state index in [0.29, 0.717) is 24.7 Å². The van der Waals surface area contributed by atoms with E-state index in [9.17, 15) is 18.5 Å². The van der Waals surface area contributed by atoms with Crippen LogP contribution in [0.25, 0.3) is 0 Å². The Kier molecular flexibility index (Phi) is 4.73. The van der Waals surface area contributed by atoms with Gasteiger partial charge < -0.3 is 4.90 Å². The summed E-state index contributed by atoms with van der Waals surface area (Å²) in [7, 11) is -4.05. The van der Waals surface area contributed by atoms with Gasteiger partial charge in [0.25, 0.3) is 5.69 Å². The lowest BCUT2D eigenvalue weighted by molar-refractivity contribution is -0.385. The van der Waals surface area contributed by atoms with E-state index >= 15 is 0 Å². The zero-order valence-corrected chi connectivity index (χ0v) is 14.4. The molecule has 1 heterocycles. The second-order valence-electron chi connectivity index (χ2n) is 6.13. The summed E-state index contributed by atoms with van der Waals surface area (Å²) in [6.45, 7) is 1.33. The number of primary sulfonamides is 1. The number of nitro groups is 1. The van der Waals surface area contributed by atoms with Gasteiger partial charge in [0, 0.05) is 25.2 Å². The minimum absolute atomic E-state index is 0.195. The Morgan fingerprint density at radius 2 is 1.72 bits per heavy atom. The summed E-state index contributed by atoms with van der Waals surface area (Å²) in [5.41, 5.74) is 1.42. The van der Waals surface area contributed by atoms with Crippen molar-refractivity contribution in [2.75, 3.05) is 18.0 Å². The summed E-state index contributed by atoms with van der Waals surface area (Å²) < 4.78 is 23.8. The van der Waals surface area contributed by atoms with Crippen molar-refractivity contribution in [2.45, 2.75) is 23.7 Å². The summed E-state index contributed by atoms with van der Waals surface area (Å²) in [5, 5.41) is 16.2. The van der Waals surface area contributed by atoms with E-state index in [2.05, 4.69) is 12.1 Å². The number of anilines is 1. The van der Waals surface area contributed by atoms with Crippen LogP contribution in [0.2, 0.25) is 0 Å². The number of rotatable bonds is 4. The molecule has 1 saturated heterocycles. The number of benzene rings is 2. The molecule has 0 bridgehead atoms. The van der Waals surface area contributed by atoms with Crippen molar-refractivity contribution in [3.05, 3.63) is 64.2 Å². The second kappa shape index (κ2) is 6.81. The molecule has 0 aliphatic carbocycles. The van der Waals surface area contributed by atoms with E-state index in [0.717, 1.165) is 18.9 Å². The molecule has 2 N–H and O–H groups in total. The number of nitrogens with zero attached hydrogens (tertiary/aromatic N) is 2. The Hall–Kier alpha value is -2.45. The minimum Gasteiger partial charge on any atom is -0.370 e. The van der Waals surface area contributed by atoms with Crippen LogP contribution in [-0.4, -0.2) is 26.4 Å². The van der Waals surface area contributed by atoms with Crippen LogP contribution >= 0.6 is 0 Å². The monoisotopic (exact) mass is 361 g/mol. The lowest BCUT2D eigenvalue weighted by Gasteiger charge is -2.34. The van der Waals surface area contributed by atoms with Crippen molar-refractivity contribution in [1.82, 2.24) is 0 Å². The van der Waals surface area contributed by atoms with E-state index in [-0.39, 0.29) is 10.6 Å². The molecule has 1 aliphatic heterocycles. The topological polar surface area (TPSA) is 107 Å². The number of non-ortho nitro benzene ring substituents is 1. The summed E-state index contributed by atoms with van der Waals surface area (Å²) in [5.74, 6) is 0.424. The van der Waals surface area contributed by atoms with Gasteiger partial charge in [0.2, 0.25) is 10.0 Å². The van der Waals surface area contributed by atoms with Crippen LogP contribution in [0, 0.1) is 10.1 Å². The van der Waals surface area contributed by atoms with Crippen molar-refractivity contribution >= 4 is 21.4 Å². The third kappa shape index (κ3) is 3.80. The highest BCUT2D eigenvalue weighted by Gasteiger charge is 2.26. The number of piperidine rings is 1. The van der Waals surface area contributed by atoms with Crippen LogP contribution in [0.4, 0.5) is 11.4 Å². The van der Waals surface area contributed by atoms with E-state index in [1.165, 1.54) is 17.7 Å². The van der Waals surface area contributed by atoms with Gasteiger partial charge in [-0.3, -0.25) is 10.1 Å². The summed E-state index contributed by atoms with van der Waals surface area (Å²) >= 11 is 0. The third-order valence-corrected chi connectivity index (χ3v) is 5.51. The first-order chi connectivity index (χ1) is 11.9. The molecule has 25 heavy (non-hydrogen) atoms. The highest BCUT2D eigenvalue weighted by Crippen LogP contribution is 2.34. The van der Waals surface area contributed by atoms with Gasteiger partial charge in [0.1, 0.15) is 4.90 Å². The molecule has 0 aromatic heterocycles. The predicted octanol–water partition coefficient (Wildman–Crippen LogP) is 2.63. The van der Waals surface area contributed by atoms with Crippen LogP contribution in [0.1, 0.15) is 24.3 Å². The Morgan fingerprint density at radius 3 is 2.28 bits per heavy atom. The highest BCUT2D eigenvalue weighted by molar-refractivity contribution is 7.89. The molecule has 3 rings (SSSR count). The van der Waals surface area contributed by atoms with Gasteiger partial charge in [-0.15, -0.1) is 0 Å². The van der Waals surface area contributed by atoms with Crippen LogP contribution < -0.4 is 10.0 Å². The fraction of sp³-hybridized carbons (Fsp3) is 0.294. The Morgan fingerprint density at radius 1 is 1.08 bits per heavy atom. The molecule has 1 fully saturated rings. The maximum absolute atomic E-state index is 11.9. The molecule has 0 atom stereocenters.